The van der Waals surface area contributed by atoms with Gasteiger partial charge in [0.05, 0.1) is 15.6 Å². The fourth-order valence-electron chi connectivity index (χ4n) is 2.54. The van der Waals surface area contributed by atoms with Gasteiger partial charge in [-0.15, -0.1) is 0 Å². The monoisotopic (exact) mass is 496 g/mol. The van der Waals surface area contributed by atoms with Crippen LogP contribution in [0.3, 0.4) is 0 Å². The van der Waals surface area contributed by atoms with Gasteiger partial charge in [-0.1, -0.05) is 35.3 Å². The van der Waals surface area contributed by atoms with Crippen LogP contribution < -0.4 is 14.8 Å². The van der Waals surface area contributed by atoms with Crippen LogP contribution >= 0.6 is 23.2 Å². The molecule has 168 valence electrons. The molecule has 1 amide bonds. The summed E-state index contributed by atoms with van der Waals surface area (Å²) in [6.45, 7) is -1.38. The minimum atomic E-state index is -4.44. The van der Waals surface area contributed by atoms with E-state index in [1.54, 1.807) is 0 Å². The summed E-state index contributed by atoms with van der Waals surface area (Å²) in [5.74, 6) is -0.604. The van der Waals surface area contributed by atoms with Crippen LogP contribution in [0.25, 0.3) is 0 Å². The Balaban J connectivity index is 1.67. The van der Waals surface area contributed by atoms with Crippen molar-refractivity contribution in [2.45, 2.75) is 36.5 Å². The molecule has 0 heterocycles. The van der Waals surface area contributed by atoms with Crippen LogP contribution in [0.4, 0.5) is 13.2 Å². The first-order valence-electron chi connectivity index (χ1n) is 9.03. The van der Waals surface area contributed by atoms with E-state index in [0.717, 1.165) is 18.9 Å². The average Bonchev–Trinajstić information content (AvgIpc) is 3.47. The van der Waals surface area contributed by atoms with E-state index in [0.29, 0.717) is 5.56 Å². The summed E-state index contributed by atoms with van der Waals surface area (Å²) >= 11 is 12.1. The van der Waals surface area contributed by atoms with E-state index >= 15 is 0 Å². The molecule has 0 saturated heterocycles. The lowest BCUT2D eigenvalue weighted by Gasteiger charge is -2.12. The van der Waals surface area contributed by atoms with Crippen LogP contribution in [-0.4, -0.2) is 33.1 Å². The minimum absolute atomic E-state index is 0.0243. The first kappa shape index (κ1) is 23.6. The molecule has 2 aromatic rings. The second-order valence-electron chi connectivity index (χ2n) is 6.89. The van der Waals surface area contributed by atoms with Crippen molar-refractivity contribution in [1.29, 1.82) is 0 Å². The molecular weight excluding hydrogens is 480 g/mol. The molecule has 1 aliphatic rings. The topological polar surface area (TPSA) is 84.5 Å². The third-order valence-corrected chi connectivity index (χ3v) is 6.53. The van der Waals surface area contributed by atoms with Crippen LogP contribution in [0.5, 0.6) is 5.75 Å². The van der Waals surface area contributed by atoms with Gasteiger partial charge in [0.15, 0.2) is 6.61 Å². The smallest absolute Gasteiger partial charge is 0.422 e. The van der Waals surface area contributed by atoms with Gasteiger partial charge in [-0.2, -0.15) is 13.2 Å². The molecule has 0 spiro atoms. The van der Waals surface area contributed by atoms with E-state index in [-0.39, 0.29) is 38.8 Å². The zero-order valence-electron chi connectivity index (χ0n) is 15.8. The van der Waals surface area contributed by atoms with E-state index in [2.05, 4.69) is 14.8 Å². The van der Waals surface area contributed by atoms with Gasteiger partial charge in [-0.3, -0.25) is 4.79 Å². The predicted molar refractivity (Wildman–Crippen MR) is 109 cm³/mol. The van der Waals surface area contributed by atoms with Gasteiger partial charge in [0.1, 0.15) is 10.6 Å². The number of sulfonamides is 1. The number of rotatable bonds is 8. The lowest BCUT2D eigenvalue weighted by atomic mass is 10.2. The van der Waals surface area contributed by atoms with Gasteiger partial charge in [-0.05, 0) is 42.7 Å². The molecule has 1 saturated carbocycles. The molecule has 1 aliphatic carbocycles. The number of benzene rings is 2. The first-order valence-corrected chi connectivity index (χ1v) is 11.3. The lowest BCUT2D eigenvalue weighted by Crippen LogP contribution is -2.27. The van der Waals surface area contributed by atoms with Gasteiger partial charge in [-0.25, -0.2) is 13.1 Å². The molecule has 0 aliphatic heterocycles. The van der Waals surface area contributed by atoms with Crippen molar-refractivity contribution in [3.05, 3.63) is 57.6 Å². The number of halogens is 5. The Hall–Kier alpha value is -2.01. The van der Waals surface area contributed by atoms with Gasteiger partial charge in [0.25, 0.3) is 5.91 Å². The van der Waals surface area contributed by atoms with Crippen LogP contribution in [0.1, 0.15) is 28.8 Å². The third kappa shape index (κ3) is 6.73. The fourth-order valence-corrected chi connectivity index (χ4v) is 4.70. The van der Waals surface area contributed by atoms with Gasteiger partial charge in [0, 0.05) is 12.6 Å². The molecule has 0 aromatic heterocycles. The maximum absolute atomic E-state index is 12.5. The van der Waals surface area contributed by atoms with E-state index in [1.165, 1.54) is 30.3 Å². The number of hydrogen-bond donors (Lipinski definition) is 2. The Morgan fingerprint density at radius 1 is 1.10 bits per heavy atom. The molecule has 31 heavy (non-hydrogen) atoms. The standard InChI is InChI=1S/C19H17Cl2F3N2O4S/c20-15-8-16(21)17(31(28,29)26-12-3-4-12)7-14(15)18(27)25-9-11-1-5-13(6-2-11)30-10-19(22,23)24/h1-2,5-8,12,26H,3-4,9-10H2,(H,25,27). The highest BCUT2D eigenvalue weighted by Gasteiger charge is 2.30. The van der Waals surface area contributed by atoms with E-state index in [1.807, 2.05) is 0 Å². The number of carbonyl (C=O) groups is 1. The SMILES string of the molecule is O=C(NCc1ccc(OCC(F)(F)F)cc1)c1cc(S(=O)(=O)NC2CC2)c(Cl)cc1Cl. The van der Waals surface area contributed by atoms with Crippen molar-refractivity contribution in [2.75, 3.05) is 6.61 Å². The quantitative estimate of drug-likeness (QED) is 0.570. The number of hydrogen-bond acceptors (Lipinski definition) is 4. The van der Waals surface area contributed by atoms with E-state index in [9.17, 15) is 26.4 Å². The molecule has 2 aromatic carbocycles. The fraction of sp³-hybridized carbons (Fsp3) is 0.316. The van der Waals surface area contributed by atoms with Gasteiger partial charge in [0.2, 0.25) is 10.0 Å². The summed E-state index contributed by atoms with van der Waals surface area (Å²) in [6.07, 6.45) is -2.97. The molecular formula is C19H17Cl2F3N2O4S. The maximum Gasteiger partial charge on any atom is 0.422 e. The second kappa shape index (κ2) is 9.23. The Kier molecular flexibility index (Phi) is 7.04. The van der Waals surface area contributed by atoms with Crippen molar-refractivity contribution in [2.24, 2.45) is 0 Å². The van der Waals surface area contributed by atoms with Crippen molar-refractivity contribution < 1.29 is 31.1 Å². The first-order chi connectivity index (χ1) is 14.4. The molecule has 12 heteroatoms. The summed E-state index contributed by atoms with van der Waals surface area (Å²) in [5.41, 5.74) is 0.508. The highest BCUT2D eigenvalue weighted by Crippen LogP contribution is 2.30. The van der Waals surface area contributed by atoms with Crippen molar-refractivity contribution in [3.8, 4) is 5.75 Å². The summed E-state index contributed by atoms with van der Waals surface area (Å²) in [5, 5.41) is 2.45. The Morgan fingerprint density at radius 3 is 2.32 bits per heavy atom. The maximum atomic E-state index is 12.5. The Bertz CT molecular complexity index is 1070. The molecule has 0 atom stereocenters. The second-order valence-corrected chi connectivity index (χ2v) is 9.39. The molecule has 1 fully saturated rings. The highest BCUT2D eigenvalue weighted by molar-refractivity contribution is 7.89. The van der Waals surface area contributed by atoms with Crippen LogP contribution in [0.15, 0.2) is 41.3 Å². The lowest BCUT2D eigenvalue weighted by molar-refractivity contribution is -0.153. The summed E-state index contributed by atoms with van der Waals surface area (Å²) in [4.78, 5) is 12.3. The van der Waals surface area contributed by atoms with Gasteiger partial charge < -0.3 is 10.1 Å². The molecule has 0 unspecified atom stereocenters. The molecule has 3 rings (SSSR count). The zero-order valence-corrected chi connectivity index (χ0v) is 18.1. The number of nitrogens with one attached hydrogen (secondary N) is 2. The molecule has 6 nitrogen and oxygen atoms in total. The number of alkyl halides is 3. The van der Waals surface area contributed by atoms with Crippen molar-refractivity contribution in [1.82, 2.24) is 10.0 Å². The highest BCUT2D eigenvalue weighted by atomic mass is 35.5. The Morgan fingerprint density at radius 2 is 1.74 bits per heavy atom. The van der Waals surface area contributed by atoms with Crippen molar-refractivity contribution in [3.63, 3.8) is 0 Å². The predicted octanol–water partition coefficient (Wildman–Crippen LogP) is 4.31. The van der Waals surface area contributed by atoms with Crippen molar-refractivity contribution >= 4 is 39.1 Å². The third-order valence-electron chi connectivity index (χ3n) is 4.23. The van der Waals surface area contributed by atoms with E-state index < -0.39 is 28.7 Å². The van der Waals surface area contributed by atoms with Crippen LogP contribution in [-0.2, 0) is 16.6 Å². The normalized spacial score (nSPS) is 14.4. The largest absolute Gasteiger partial charge is 0.484 e. The average molecular weight is 497 g/mol. The van der Waals surface area contributed by atoms with Crippen LogP contribution in [0, 0.1) is 0 Å². The Labute approximate surface area is 186 Å². The molecule has 0 bridgehead atoms. The van der Waals surface area contributed by atoms with Gasteiger partial charge >= 0.3 is 6.18 Å². The van der Waals surface area contributed by atoms with Crippen LogP contribution in [0.2, 0.25) is 10.0 Å². The zero-order chi connectivity index (χ0) is 22.8. The number of ether oxygens (including phenoxy) is 1. The van der Waals surface area contributed by atoms with E-state index in [4.69, 9.17) is 23.2 Å². The minimum Gasteiger partial charge on any atom is -0.484 e. The number of carbonyl (C=O) groups excluding carboxylic acids is 1. The molecule has 0 radical (unpaired) electrons. The summed E-state index contributed by atoms with van der Waals surface area (Å²) in [7, 11) is -3.90. The summed E-state index contributed by atoms with van der Waals surface area (Å²) in [6, 6.07) is 7.83. The number of amides is 1. The summed E-state index contributed by atoms with van der Waals surface area (Å²) < 4.78 is 68.6. The molecule has 2 N–H and O–H groups in total.